The molecule has 0 radical (unpaired) electrons. The third kappa shape index (κ3) is 4.10. The van der Waals surface area contributed by atoms with Gasteiger partial charge in [-0.1, -0.05) is 17.7 Å². The number of allylic oxidation sites excluding steroid dienone is 1. The minimum absolute atomic E-state index is 0.142. The van der Waals surface area contributed by atoms with E-state index in [-0.39, 0.29) is 12.5 Å². The first-order valence-electron chi connectivity index (χ1n) is 6.88. The average molecular weight is 275 g/mol. The lowest BCUT2D eigenvalue weighted by Crippen LogP contribution is -2.27. The van der Waals surface area contributed by atoms with Gasteiger partial charge in [-0.25, -0.2) is 0 Å². The van der Waals surface area contributed by atoms with Gasteiger partial charge in [0.2, 0.25) is 5.91 Å². The number of methoxy groups -OCH3 is 1. The van der Waals surface area contributed by atoms with Crippen LogP contribution in [-0.2, 0) is 4.79 Å². The zero-order valence-electron chi connectivity index (χ0n) is 11.9. The number of nitrogens with one attached hydrogen (secondary N) is 1. The van der Waals surface area contributed by atoms with Crippen LogP contribution in [0.1, 0.15) is 31.4 Å². The lowest BCUT2D eigenvalue weighted by atomic mass is 10.1. The summed E-state index contributed by atoms with van der Waals surface area (Å²) in [6.45, 7) is 2.18. The predicted octanol–water partition coefficient (Wildman–Crippen LogP) is 2.20. The van der Waals surface area contributed by atoms with Crippen molar-refractivity contribution in [1.82, 2.24) is 5.32 Å². The summed E-state index contributed by atoms with van der Waals surface area (Å²) in [6.07, 6.45) is 3.27. The molecule has 1 atom stereocenters. The second-order valence-electron chi connectivity index (χ2n) is 5.20. The lowest BCUT2D eigenvalue weighted by Gasteiger charge is -2.12. The van der Waals surface area contributed by atoms with Crippen LogP contribution in [0.25, 0.3) is 0 Å². The Morgan fingerprint density at radius 3 is 2.95 bits per heavy atom. The Hall–Kier alpha value is -1.81. The van der Waals surface area contributed by atoms with E-state index in [1.54, 1.807) is 19.3 Å². The predicted molar refractivity (Wildman–Crippen MR) is 77.4 cm³/mol. The highest BCUT2D eigenvalue weighted by Gasteiger charge is 2.23. The number of rotatable bonds is 6. The van der Waals surface area contributed by atoms with Crippen LogP contribution in [0, 0.1) is 5.92 Å². The average Bonchev–Trinajstić information content (AvgIpc) is 3.29. The molecule has 1 saturated carbocycles. The molecule has 0 heterocycles. The summed E-state index contributed by atoms with van der Waals surface area (Å²) in [4.78, 5) is 11.7. The molecule has 0 saturated heterocycles. The van der Waals surface area contributed by atoms with E-state index in [0.29, 0.717) is 11.7 Å². The van der Waals surface area contributed by atoms with E-state index in [1.165, 1.54) is 12.8 Å². The summed E-state index contributed by atoms with van der Waals surface area (Å²) < 4.78 is 5.11. The van der Waals surface area contributed by atoms with Crippen LogP contribution in [0.15, 0.2) is 35.9 Å². The zero-order valence-corrected chi connectivity index (χ0v) is 11.9. The van der Waals surface area contributed by atoms with E-state index in [4.69, 9.17) is 4.74 Å². The van der Waals surface area contributed by atoms with Crippen LogP contribution < -0.4 is 10.1 Å². The Kier molecular flexibility index (Phi) is 4.79. The molecule has 20 heavy (non-hydrogen) atoms. The maximum Gasteiger partial charge on any atom is 0.244 e. The van der Waals surface area contributed by atoms with Gasteiger partial charge in [0.1, 0.15) is 5.75 Å². The minimum Gasteiger partial charge on any atom is -0.497 e. The van der Waals surface area contributed by atoms with Gasteiger partial charge < -0.3 is 15.2 Å². The first-order valence-corrected chi connectivity index (χ1v) is 6.88. The third-order valence-corrected chi connectivity index (χ3v) is 3.53. The van der Waals surface area contributed by atoms with Crippen molar-refractivity contribution >= 4 is 5.91 Å². The van der Waals surface area contributed by atoms with Crippen LogP contribution in [-0.4, -0.2) is 24.7 Å². The number of amides is 1. The summed E-state index contributed by atoms with van der Waals surface area (Å²) in [6, 6.07) is 7.21. The molecule has 1 aliphatic rings. The molecule has 1 aromatic carbocycles. The van der Waals surface area contributed by atoms with Gasteiger partial charge in [0.15, 0.2) is 0 Å². The Bertz CT molecular complexity index is 506. The maximum atomic E-state index is 11.7. The molecule has 1 unspecified atom stereocenters. The van der Waals surface area contributed by atoms with Gasteiger partial charge >= 0.3 is 0 Å². The summed E-state index contributed by atoms with van der Waals surface area (Å²) in [5.41, 5.74) is 1.85. The zero-order chi connectivity index (χ0) is 14.5. The highest BCUT2D eigenvalue weighted by molar-refractivity contribution is 5.88. The standard InChI is InChI=1S/C16H21NO3/c1-11(12-6-7-12)8-16(19)17-10-15(18)13-4-3-5-14(9-13)20-2/h3-5,8-9,12,15,18H,6-7,10H2,1-2H3,(H,17,19)/b11-8-. The number of aliphatic hydroxyl groups is 1. The molecule has 4 nitrogen and oxygen atoms in total. The van der Waals surface area contributed by atoms with Crippen molar-refractivity contribution in [2.24, 2.45) is 5.92 Å². The highest BCUT2D eigenvalue weighted by Crippen LogP contribution is 2.35. The first kappa shape index (κ1) is 14.6. The number of hydrogen-bond donors (Lipinski definition) is 2. The van der Waals surface area contributed by atoms with Crippen molar-refractivity contribution in [3.8, 4) is 5.75 Å². The molecule has 1 aromatic rings. The van der Waals surface area contributed by atoms with Crippen molar-refractivity contribution in [2.45, 2.75) is 25.9 Å². The molecule has 1 aliphatic carbocycles. The fraction of sp³-hybridized carbons (Fsp3) is 0.438. The van der Waals surface area contributed by atoms with Gasteiger partial charge in [0.05, 0.1) is 13.2 Å². The van der Waals surface area contributed by atoms with Gasteiger partial charge in [-0.3, -0.25) is 4.79 Å². The molecule has 0 bridgehead atoms. The van der Waals surface area contributed by atoms with Crippen molar-refractivity contribution in [2.75, 3.05) is 13.7 Å². The number of benzene rings is 1. The molecule has 0 aliphatic heterocycles. The van der Waals surface area contributed by atoms with Crippen molar-refractivity contribution in [1.29, 1.82) is 0 Å². The molecular formula is C16H21NO3. The molecule has 0 spiro atoms. The number of ether oxygens (including phenoxy) is 1. The molecule has 0 aromatic heterocycles. The molecule has 2 rings (SSSR count). The third-order valence-electron chi connectivity index (χ3n) is 3.53. The van der Waals surface area contributed by atoms with Crippen molar-refractivity contribution in [3.05, 3.63) is 41.5 Å². The van der Waals surface area contributed by atoms with Gasteiger partial charge in [0.25, 0.3) is 0 Å². The normalized spacial score (nSPS) is 16.6. The highest BCUT2D eigenvalue weighted by atomic mass is 16.5. The topological polar surface area (TPSA) is 58.6 Å². The molecule has 2 N–H and O–H groups in total. The Morgan fingerprint density at radius 1 is 1.55 bits per heavy atom. The molecular weight excluding hydrogens is 254 g/mol. The molecule has 1 fully saturated rings. The Labute approximate surface area is 119 Å². The summed E-state index contributed by atoms with van der Waals surface area (Å²) in [7, 11) is 1.58. The van der Waals surface area contributed by atoms with Crippen LogP contribution in [0.4, 0.5) is 0 Å². The molecule has 4 heteroatoms. The maximum absolute atomic E-state index is 11.7. The Balaban J connectivity index is 1.86. The summed E-state index contributed by atoms with van der Waals surface area (Å²) in [5, 5.41) is 12.8. The van der Waals surface area contributed by atoms with Gasteiger partial charge in [0, 0.05) is 12.6 Å². The first-order chi connectivity index (χ1) is 9.60. The number of carbonyl (C=O) groups excluding carboxylic acids is 1. The molecule has 108 valence electrons. The van der Waals surface area contributed by atoms with Gasteiger partial charge in [-0.2, -0.15) is 0 Å². The van der Waals surface area contributed by atoms with E-state index in [0.717, 1.165) is 11.1 Å². The van der Waals surface area contributed by atoms with Crippen molar-refractivity contribution < 1.29 is 14.6 Å². The Morgan fingerprint density at radius 2 is 2.30 bits per heavy atom. The van der Waals surface area contributed by atoms with Crippen LogP contribution in [0.5, 0.6) is 5.75 Å². The SMILES string of the molecule is COc1cccc(C(O)CNC(=O)/C=C(/C)C2CC2)c1. The summed E-state index contributed by atoms with van der Waals surface area (Å²) in [5.74, 6) is 1.14. The fourth-order valence-corrected chi connectivity index (χ4v) is 2.08. The largest absolute Gasteiger partial charge is 0.497 e. The lowest BCUT2D eigenvalue weighted by molar-refractivity contribution is -0.117. The van der Waals surface area contributed by atoms with Crippen LogP contribution >= 0.6 is 0 Å². The second kappa shape index (κ2) is 6.57. The van der Waals surface area contributed by atoms with E-state index in [1.807, 2.05) is 25.1 Å². The molecule has 1 amide bonds. The van der Waals surface area contributed by atoms with E-state index >= 15 is 0 Å². The van der Waals surface area contributed by atoms with Gasteiger partial charge in [-0.15, -0.1) is 0 Å². The fourth-order valence-electron chi connectivity index (χ4n) is 2.08. The second-order valence-corrected chi connectivity index (χ2v) is 5.20. The van der Waals surface area contributed by atoms with E-state index in [9.17, 15) is 9.90 Å². The van der Waals surface area contributed by atoms with E-state index < -0.39 is 6.10 Å². The minimum atomic E-state index is -0.733. The number of carbonyl (C=O) groups is 1. The number of aliphatic hydroxyl groups excluding tert-OH is 1. The van der Waals surface area contributed by atoms with Crippen LogP contribution in [0.3, 0.4) is 0 Å². The van der Waals surface area contributed by atoms with Crippen molar-refractivity contribution in [3.63, 3.8) is 0 Å². The number of hydrogen-bond acceptors (Lipinski definition) is 3. The van der Waals surface area contributed by atoms with E-state index in [2.05, 4.69) is 5.32 Å². The quantitative estimate of drug-likeness (QED) is 0.782. The van der Waals surface area contributed by atoms with Crippen LogP contribution in [0.2, 0.25) is 0 Å². The smallest absolute Gasteiger partial charge is 0.244 e. The monoisotopic (exact) mass is 275 g/mol. The summed E-state index contributed by atoms with van der Waals surface area (Å²) >= 11 is 0. The van der Waals surface area contributed by atoms with Gasteiger partial charge in [-0.05, 0) is 43.4 Å².